The third-order valence-electron chi connectivity index (χ3n) is 4.35. The van der Waals surface area contributed by atoms with Crippen LogP contribution < -0.4 is 9.47 Å². The van der Waals surface area contributed by atoms with Gasteiger partial charge in [0, 0.05) is 11.1 Å². The quantitative estimate of drug-likeness (QED) is 0.609. The summed E-state index contributed by atoms with van der Waals surface area (Å²) in [6.07, 6.45) is 5.63. The highest BCUT2D eigenvalue weighted by Crippen LogP contribution is 2.49. The predicted octanol–water partition coefficient (Wildman–Crippen LogP) is 3.93. The van der Waals surface area contributed by atoms with E-state index in [4.69, 9.17) is 9.47 Å². The molecule has 0 N–H and O–H groups in total. The Bertz CT molecular complexity index is 553. The molecule has 1 fully saturated rings. The van der Waals surface area contributed by atoms with Gasteiger partial charge < -0.3 is 9.47 Å². The van der Waals surface area contributed by atoms with Gasteiger partial charge in [-0.1, -0.05) is 26.7 Å². The zero-order valence-electron chi connectivity index (χ0n) is 13.2. The number of ether oxygens (including phenoxy) is 2. The number of hydrogen-bond acceptors (Lipinski definition) is 4. The zero-order valence-corrected chi connectivity index (χ0v) is 13.2. The third kappa shape index (κ3) is 2.68. The number of isocyanates is 1. The summed E-state index contributed by atoms with van der Waals surface area (Å²) in [4.78, 5) is 15.1. The van der Waals surface area contributed by atoms with E-state index < -0.39 is 5.54 Å². The lowest BCUT2D eigenvalue weighted by molar-refractivity contribution is 0.360. The Morgan fingerprint density at radius 2 is 1.86 bits per heavy atom. The summed E-state index contributed by atoms with van der Waals surface area (Å²) in [6, 6.07) is 3.93. The highest BCUT2D eigenvalue weighted by Gasteiger charge is 2.39. The Labute approximate surface area is 126 Å². The third-order valence-corrected chi connectivity index (χ3v) is 4.35. The van der Waals surface area contributed by atoms with Crippen molar-refractivity contribution in [3.8, 4) is 11.5 Å². The number of hydrogen-bond donors (Lipinski definition) is 0. The smallest absolute Gasteiger partial charge is 0.235 e. The lowest BCUT2D eigenvalue weighted by Gasteiger charge is -2.28. The second kappa shape index (κ2) is 6.31. The van der Waals surface area contributed by atoms with E-state index in [1.807, 2.05) is 12.1 Å². The van der Waals surface area contributed by atoms with Crippen LogP contribution in [0.25, 0.3) is 0 Å². The van der Waals surface area contributed by atoms with Crippen LogP contribution in [0, 0.1) is 0 Å². The molecule has 1 aliphatic rings. The van der Waals surface area contributed by atoms with Crippen molar-refractivity contribution in [2.75, 3.05) is 14.2 Å². The molecular weight excluding hydrogens is 266 g/mol. The first-order valence-corrected chi connectivity index (χ1v) is 7.44. The summed E-state index contributed by atoms with van der Waals surface area (Å²) < 4.78 is 11.2. The van der Waals surface area contributed by atoms with Gasteiger partial charge in [-0.05, 0) is 30.9 Å². The van der Waals surface area contributed by atoms with Crippen molar-refractivity contribution < 1.29 is 14.3 Å². The fourth-order valence-electron chi connectivity index (χ4n) is 3.38. The van der Waals surface area contributed by atoms with E-state index in [0.717, 1.165) is 48.3 Å². The fourth-order valence-corrected chi connectivity index (χ4v) is 3.38. The maximum absolute atomic E-state index is 10.9. The first-order valence-electron chi connectivity index (χ1n) is 7.44. The maximum atomic E-state index is 10.9. The van der Waals surface area contributed by atoms with Crippen molar-refractivity contribution in [1.82, 2.24) is 0 Å². The summed E-state index contributed by atoms with van der Waals surface area (Å²) in [7, 11) is 3.33. The van der Waals surface area contributed by atoms with Crippen LogP contribution in [0.2, 0.25) is 0 Å². The van der Waals surface area contributed by atoms with Gasteiger partial charge in [0.05, 0.1) is 14.2 Å². The first kappa shape index (κ1) is 15.6. The van der Waals surface area contributed by atoms with Gasteiger partial charge >= 0.3 is 0 Å². The molecule has 0 aromatic heterocycles. The van der Waals surface area contributed by atoms with Crippen LogP contribution in [-0.4, -0.2) is 20.3 Å². The molecule has 0 bridgehead atoms. The topological polar surface area (TPSA) is 47.9 Å². The second-order valence-electron chi connectivity index (χ2n) is 5.86. The molecule has 0 aliphatic heterocycles. The molecule has 0 saturated heterocycles. The van der Waals surface area contributed by atoms with Crippen molar-refractivity contribution in [3.63, 3.8) is 0 Å². The second-order valence-corrected chi connectivity index (χ2v) is 5.86. The Morgan fingerprint density at radius 3 is 2.33 bits per heavy atom. The largest absolute Gasteiger partial charge is 0.496 e. The number of aliphatic imine (C=N–C) groups is 1. The summed E-state index contributed by atoms with van der Waals surface area (Å²) in [5.74, 6) is 1.87. The Balaban J connectivity index is 2.68. The van der Waals surface area contributed by atoms with Crippen LogP contribution in [0.1, 0.15) is 56.6 Å². The number of methoxy groups -OCH3 is 2. The molecular formula is C17H23NO3. The number of benzene rings is 1. The summed E-state index contributed by atoms with van der Waals surface area (Å²) >= 11 is 0. The molecule has 0 heterocycles. The van der Waals surface area contributed by atoms with Gasteiger partial charge in [0.25, 0.3) is 0 Å². The molecule has 1 aromatic carbocycles. The van der Waals surface area contributed by atoms with E-state index in [1.165, 1.54) is 0 Å². The SMILES string of the molecule is COc1ccc(C2(N=C=O)CCCC2)c(OC)c1C(C)C. The van der Waals surface area contributed by atoms with Crippen molar-refractivity contribution in [2.24, 2.45) is 4.99 Å². The van der Waals surface area contributed by atoms with Gasteiger partial charge in [-0.3, -0.25) is 0 Å². The lowest BCUT2D eigenvalue weighted by Crippen LogP contribution is -2.21. The van der Waals surface area contributed by atoms with Crippen LogP contribution in [-0.2, 0) is 10.3 Å². The predicted molar refractivity (Wildman–Crippen MR) is 81.9 cm³/mol. The van der Waals surface area contributed by atoms with Gasteiger partial charge in [0.1, 0.15) is 17.0 Å². The normalized spacial score (nSPS) is 16.6. The van der Waals surface area contributed by atoms with Crippen molar-refractivity contribution in [2.45, 2.75) is 51.0 Å². The molecule has 114 valence electrons. The monoisotopic (exact) mass is 289 g/mol. The van der Waals surface area contributed by atoms with E-state index in [0.29, 0.717) is 0 Å². The zero-order chi connectivity index (χ0) is 15.5. The van der Waals surface area contributed by atoms with E-state index in [-0.39, 0.29) is 5.92 Å². The molecule has 0 atom stereocenters. The van der Waals surface area contributed by atoms with E-state index in [2.05, 4.69) is 18.8 Å². The average Bonchev–Trinajstić information content (AvgIpc) is 2.95. The van der Waals surface area contributed by atoms with Crippen LogP contribution in [0.4, 0.5) is 0 Å². The minimum Gasteiger partial charge on any atom is -0.496 e. The summed E-state index contributed by atoms with van der Waals surface area (Å²) in [5, 5.41) is 0. The Morgan fingerprint density at radius 1 is 1.19 bits per heavy atom. The van der Waals surface area contributed by atoms with Gasteiger partial charge in [0.2, 0.25) is 6.08 Å². The van der Waals surface area contributed by atoms with Crippen molar-refractivity contribution in [3.05, 3.63) is 23.3 Å². The molecule has 1 aromatic rings. The molecule has 1 saturated carbocycles. The molecule has 0 amide bonds. The minimum absolute atomic E-state index is 0.258. The minimum atomic E-state index is -0.483. The van der Waals surface area contributed by atoms with Gasteiger partial charge in [-0.15, -0.1) is 0 Å². The number of nitrogens with zero attached hydrogens (tertiary/aromatic N) is 1. The number of rotatable bonds is 5. The van der Waals surface area contributed by atoms with E-state index in [9.17, 15) is 4.79 Å². The standard InChI is InChI=1S/C17H23NO3/c1-12(2)15-14(20-3)8-7-13(16(15)21-4)17(18-11-19)9-5-6-10-17/h7-8,12H,5-6,9-10H2,1-4H3. The number of carbonyl (C=O) groups excluding carboxylic acids is 1. The van der Waals surface area contributed by atoms with Crippen LogP contribution in [0.5, 0.6) is 11.5 Å². The highest BCUT2D eigenvalue weighted by molar-refractivity contribution is 5.55. The maximum Gasteiger partial charge on any atom is 0.235 e. The van der Waals surface area contributed by atoms with Crippen molar-refractivity contribution >= 4 is 6.08 Å². The van der Waals surface area contributed by atoms with E-state index in [1.54, 1.807) is 20.3 Å². The molecule has 4 heteroatoms. The Kier molecular flexibility index (Phi) is 4.69. The molecule has 0 unspecified atom stereocenters. The van der Waals surface area contributed by atoms with Gasteiger partial charge in [0.15, 0.2) is 0 Å². The molecule has 21 heavy (non-hydrogen) atoms. The molecule has 0 radical (unpaired) electrons. The molecule has 0 spiro atoms. The van der Waals surface area contributed by atoms with E-state index >= 15 is 0 Å². The Hall–Kier alpha value is -1.80. The molecule has 4 nitrogen and oxygen atoms in total. The molecule has 1 aliphatic carbocycles. The summed E-state index contributed by atoms with van der Waals surface area (Å²) in [5.41, 5.74) is 1.53. The molecule has 2 rings (SSSR count). The lowest BCUT2D eigenvalue weighted by atomic mass is 9.85. The van der Waals surface area contributed by atoms with Crippen LogP contribution >= 0.6 is 0 Å². The van der Waals surface area contributed by atoms with Crippen molar-refractivity contribution in [1.29, 1.82) is 0 Å². The van der Waals surface area contributed by atoms with Gasteiger partial charge in [-0.25, -0.2) is 4.79 Å². The van der Waals surface area contributed by atoms with Crippen LogP contribution in [0.15, 0.2) is 17.1 Å². The first-order chi connectivity index (χ1) is 10.1. The van der Waals surface area contributed by atoms with Gasteiger partial charge in [-0.2, -0.15) is 4.99 Å². The van der Waals surface area contributed by atoms with Crippen LogP contribution in [0.3, 0.4) is 0 Å². The summed E-state index contributed by atoms with van der Waals surface area (Å²) in [6.45, 7) is 4.21. The highest BCUT2D eigenvalue weighted by atomic mass is 16.5. The fraction of sp³-hybridized carbons (Fsp3) is 0.588. The average molecular weight is 289 g/mol.